The van der Waals surface area contributed by atoms with E-state index in [2.05, 4.69) is 5.32 Å². The van der Waals surface area contributed by atoms with Crippen LogP contribution < -0.4 is 11.1 Å². The Hall–Kier alpha value is -0.610. The van der Waals surface area contributed by atoms with E-state index in [1.54, 1.807) is 0 Å². The summed E-state index contributed by atoms with van der Waals surface area (Å²) in [6.07, 6.45) is 6.38. The SMILES string of the molecule is NC1CCCCC1CNC(=O)C1CCCO1. The van der Waals surface area contributed by atoms with Crippen molar-refractivity contribution in [2.75, 3.05) is 13.2 Å². The van der Waals surface area contributed by atoms with Crippen LogP contribution in [0.5, 0.6) is 0 Å². The van der Waals surface area contributed by atoms with Gasteiger partial charge in [0.25, 0.3) is 0 Å². The monoisotopic (exact) mass is 226 g/mol. The number of rotatable bonds is 3. The third-order valence-electron chi connectivity index (χ3n) is 3.73. The minimum Gasteiger partial charge on any atom is -0.368 e. The fourth-order valence-electron chi connectivity index (χ4n) is 2.62. The first-order valence-electron chi connectivity index (χ1n) is 6.42. The second kappa shape index (κ2) is 5.64. The summed E-state index contributed by atoms with van der Waals surface area (Å²) in [5.74, 6) is 0.509. The van der Waals surface area contributed by atoms with Gasteiger partial charge in [-0.15, -0.1) is 0 Å². The molecule has 0 bridgehead atoms. The molecular weight excluding hydrogens is 204 g/mol. The Morgan fingerprint density at radius 3 is 2.75 bits per heavy atom. The summed E-state index contributed by atoms with van der Waals surface area (Å²) in [5.41, 5.74) is 6.04. The van der Waals surface area contributed by atoms with E-state index < -0.39 is 0 Å². The van der Waals surface area contributed by atoms with Gasteiger partial charge in [0.2, 0.25) is 5.91 Å². The van der Waals surface area contributed by atoms with Crippen molar-refractivity contribution in [2.24, 2.45) is 11.7 Å². The molecule has 3 atom stereocenters. The minimum absolute atomic E-state index is 0.0512. The van der Waals surface area contributed by atoms with Gasteiger partial charge in [-0.3, -0.25) is 4.79 Å². The fraction of sp³-hybridized carbons (Fsp3) is 0.917. The summed E-state index contributed by atoms with van der Waals surface area (Å²) in [4.78, 5) is 11.7. The molecule has 1 saturated carbocycles. The van der Waals surface area contributed by atoms with Gasteiger partial charge in [0.05, 0.1) is 0 Å². The van der Waals surface area contributed by atoms with Crippen LogP contribution in [0.4, 0.5) is 0 Å². The molecule has 1 aliphatic carbocycles. The molecule has 1 amide bonds. The largest absolute Gasteiger partial charge is 0.368 e. The molecule has 2 rings (SSSR count). The summed E-state index contributed by atoms with van der Waals surface area (Å²) in [6.45, 7) is 1.45. The second-order valence-electron chi connectivity index (χ2n) is 4.96. The van der Waals surface area contributed by atoms with Crippen LogP contribution in [-0.2, 0) is 9.53 Å². The zero-order valence-corrected chi connectivity index (χ0v) is 9.78. The van der Waals surface area contributed by atoms with Crippen LogP contribution in [0.3, 0.4) is 0 Å². The maximum atomic E-state index is 11.7. The third-order valence-corrected chi connectivity index (χ3v) is 3.73. The van der Waals surface area contributed by atoms with Crippen LogP contribution in [-0.4, -0.2) is 31.2 Å². The van der Waals surface area contributed by atoms with E-state index >= 15 is 0 Å². The predicted octanol–water partition coefficient (Wildman–Crippen LogP) is 0.799. The molecule has 16 heavy (non-hydrogen) atoms. The first kappa shape index (κ1) is 11.9. The van der Waals surface area contributed by atoms with E-state index in [1.165, 1.54) is 12.8 Å². The molecule has 1 aliphatic heterocycles. The Bertz CT molecular complexity index is 239. The fourth-order valence-corrected chi connectivity index (χ4v) is 2.62. The number of carbonyl (C=O) groups excluding carboxylic acids is 1. The minimum atomic E-state index is -0.209. The van der Waals surface area contributed by atoms with E-state index in [1.807, 2.05) is 0 Å². The second-order valence-corrected chi connectivity index (χ2v) is 4.96. The van der Waals surface area contributed by atoms with Gasteiger partial charge in [-0.25, -0.2) is 0 Å². The van der Waals surface area contributed by atoms with Gasteiger partial charge in [0, 0.05) is 19.2 Å². The molecule has 2 fully saturated rings. The first-order valence-corrected chi connectivity index (χ1v) is 6.42. The lowest BCUT2D eigenvalue weighted by Crippen LogP contribution is -2.43. The van der Waals surface area contributed by atoms with Crippen molar-refractivity contribution in [1.82, 2.24) is 5.32 Å². The lowest BCUT2D eigenvalue weighted by molar-refractivity contribution is -0.130. The Morgan fingerprint density at radius 2 is 2.06 bits per heavy atom. The van der Waals surface area contributed by atoms with Gasteiger partial charge in [-0.05, 0) is 31.6 Å². The van der Waals surface area contributed by atoms with Gasteiger partial charge >= 0.3 is 0 Å². The summed E-state index contributed by atoms with van der Waals surface area (Å²) in [7, 11) is 0. The van der Waals surface area contributed by atoms with Gasteiger partial charge in [-0.1, -0.05) is 12.8 Å². The topological polar surface area (TPSA) is 64.3 Å². The summed E-state index contributed by atoms with van der Waals surface area (Å²) >= 11 is 0. The first-order chi connectivity index (χ1) is 7.77. The van der Waals surface area contributed by atoms with Crippen LogP contribution in [0.25, 0.3) is 0 Å². The normalized spacial score (nSPS) is 34.9. The van der Waals surface area contributed by atoms with E-state index in [9.17, 15) is 4.79 Å². The average molecular weight is 226 g/mol. The highest BCUT2D eigenvalue weighted by molar-refractivity contribution is 5.80. The Kier molecular flexibility index (Phi) is 4.18. The number of ether oxygens (including phenoxy) is 1. The summed E-state index contributed by atoms with van der Waals surface area (Å²) in [5, 5.41) is 2.98. The number of amides is 1. The van der Waals surface area contributed by atoms with Gasteiger partial charge in [0.1, 0.15) is 6.10 Å². The van der Waals surface area contributed by atoms with Crippen molar-refractivity contribution in [1.29, 1.82) is 0 Å². The molecule has 4 nitrogen and oxygen atoms in total. The van der Waals surface area contributed by atoms with Gasteiger partial charge in [0.15, 0.2) is 0 Å². The maximum absolute atomic E-state index is 11.7. The van der Waals surface area contributed by atoms with Crippen molar-refractivity contribution in [3.8, 4) is 0 Å². The Labute approximate surface area is 96.9 Å². The molecule has 3 N–H and O–H groups in total. The Morgan fingerprint density at radius 1 is 1.25 bits per heavy atom. The van der Waals surface area contributed by atoms with Crippen molar-refractivity contribution < 1.29 is 9.53 Å². The lowest BCUT2D eigenvalue weighted by atomic mass is 9.85. The molecule has 0 radical (unpaired) electrons. The van der Waals surface area contributed by atoms with E-state index in [0.29, 0.717) is 5.92 Å². The van der Waals surface area contributed by atoms with Crippen LogP contribution in [0.15, 0.2) is 0 Å². The molecule has 0 aromatic carbocycles. The van der Waals surface area contributed by atoms with Crippen molar-refractivity contribution in [2.45, 2.75) is 50.7 Å². The summed E-state index contributed by atoms with van der Waals surface area (Å²) < 4.78 is 5.34. The molecule has 0 spiro atoms. The molecule has 2 aliphatic rings. The predicted molar refractivity (Wildman–Crippen MR) is 61.9 cm³/mol. The number of carbonyl (C=O) groups is 1. The maximum Gasteiger partial charge on any atom is 0.249 e. The van der Waals surface area contributed by atoms with Crippen molar-refractivity contribution in [3.63, 3.8) is 0 Å². The zero-order chi connectivity index (χ0) is 11.4. The Balaban J connectivity index is 1.71. The number of nitrogens with one attached hydrogen (secondary N) is 1. The molecule has 4 heteroatoms. The van der Waals surface area contributed by atoms with Crippen LogP contribution in [0.2, 0.25) is 0 Å². The van der Waals surface area contributed by atoms with Crippen LogP contribution in [0, 0.1) is 5.92 Å². The van der Waals surface area contributed by atoms with E-state index in [-0.39, 0.29) is 18.1 Å². The standard InChI is InChI=1S/C12H22N2O2/c13-10-5-2-1-4-9(10)8-14-12(15)11-6-3-7-16-11/h9-11H,1-8,13H2,(H,14,15). The molecule has 3 unspecified atom stereocenters. The molecule has 0 aromatic rings. The van der Waals surface area contributed by atoms with E-state index in [4.69, 9.17) is 10.5 Å². The average Bonchev–Trinajstić information content (AvgIpc) is 2.81. The number of nitrogens with two attached hydrogens (primary N) is 1. The van der Waals surface area contributed by atoms with Gasteiger partial charge < -0.3 is 15.8 Å². The molecular formula is C12H22N2O2. The van der Waals surface area contributed by atoms with Gasteiger partial charge in [-0.2, -0.15) is 0 Å². The molecule has 0 aromatic heterocycles. The zero-order valence-electron chi connectivity index (χ0n) is 9.78. The summed E-state index contributed by atoms with van der Waals surface area (Å²) in [6, 6.07) is 0.263. The van der Waals surface area contributed by atoms with Crippen molar-refractivity contribution in [3.05, 3.63) is 0 Å². The highest BCUT2D eigenvalue weighted by Crippen LogP contribution is 2.22. The van der Waals surface area contributed by atoms with Crippen LogP contribution >= 0.6 is 0 Å². The smallest absolute Gasteiger partial charge is 0.249 e. The molecule has 1 saturated heterocycles. The quantitative estimate of drug-likeness (QED) is 0.748. The molecule has 1 heterocycles. The third kappa shape index (κ3) is 2.95. The van der Waals surface area contributed by atoms with Crippen molar-refractivity contribution >= 4 is 5.91 Å². The van der Waals surface area contributed by atoms with Crippen LogP contribution in [0.1, 0.15) is 38.5 Å². The van der Waals surface area contributed by atoms with E-state index in [0.717, 1.165) is 38.8 Å². The highest BCUT2D eigenvalue weighted by Gasteiger charge is 2.26. The lowest BCUT2D eigenvalue weighted by Gasteiger charge is -2.28. The highest BCUT2D eigenvalue weighted by atomic mass is 16.5. The number of hydrogen-bond donors (Lipinski definition) is 2. The molecule has 92 valence electrons. The number of hydrogen-bond acceptors (Lipinski definition) is 3.